The van der Waals surface area contributed by atoms with Crippen LogP contribution >= 0.6 is 0 Å². The van der Waals surface area contributed by atoms with Crippen LogP contribution in [0, 0.1) is 11.7 Å². The predicted octanol–water partition coefficient (Wildman–Crippen LogP) is 4.34. The first-order valence-corrected chi connectivity index (χ1v) is 11.1. The second-order valence-corrected chi connectivity index (χ2v) is 8.51. The molecule has 3 aromatic rings. The average molecular weight is 459 g/mol. The van der Waals surface area contributed by atoms with E-state index in [4.69, 9.17) is 5.73 Å². The minimum atomic E-state index is -0.387. The minimum Gasteiger partial charge on any atom is -0.397 e. The molecular formula is C27H27FN4O2. The van der Waals surface area contributed by atoms with Gasteiger partial charge in [0.2, 0.25) is 11.8 Å². The van der Waals surface area contributed by atoms with Crippen LogP contribution in [0.4, 0.5) is 21.5 Å². The van der Waals surface area contributed by atoms with Crippen LogP contribution in [0.2, 0.25) is 0 Å². The molecule has 0 spiro atoms. The molecule has 1 heterocycles. The van der Waals surface area contributed by atoms with E-state index in [1.54, 1.807) is 42.5 Å². The number of carbonyl (C=O) groups is 2. The Bertz CT molecular complexity index is 1210. The molecule has 2 atom stereocenters. The summed E-state index contributed by atoms with van der Waals surface area (Å²) in [7, 11) is 1.98. The number of hydrogen-bond acceptors (Lipinski definition) is 4. The predicted molar refractivity (Wildman–Crippen MR) is 134 cm³/mol. The van der Waals surface area contributed by atoms with Gasteiger partial charge in [0, 0.05) is 30.8 Å². The lowest BCUT2D eigenvalue weighted by Gasteiger charge is -2.19. The molecule has 174 valence electrons. The second-order valence-electron chi connectivity index (χ2n) is 8.51. The van der Waals surface area contributed by atoms with Crippen LogP contribution in [0.25, 0.3) is 6.08 Å². The maximum absolute atomic E-state index is 13.5. The van der Waals surface area contributed by atoms with Gasteiger partial charge in [-0.3, -0.25) is 9.59 Å². The summed E-state index contributed by atoms with van der Waals surface area (Å²) in [5.41, 5.74) is 9.30. The molecule has 1 aliphatic rings. The van der Waals surface area contributed by atoms with Gasteiger partial charge >= 0.3 is 0 Å². The minimum absolute atomic E-state index is 0.0148. The van der Waals surface area contributed by atoms with Gasteiger partial charge < -0.3 is 21.3 Å². The summed E-state index contributed by atoms with van der Waals surface area (Å²) in [5, 5.41) is 5.60. The number of likely N-dealkylation sites (N-methyl/N-ethyl adjacent to an activating group) is 1. The molecule has 0 aromatic heterocycles. The number of rotatable bonds is 6. The molecule has 4 rings (SSSR count). The van der Waals surface area contributed by atoms with Crippen molar-refractivity contribution in [2.75, 3.05) is 36.5 Å². The quantitative estimate of drug-likeness (QED) is 0.379. The zero-order valence-electron chi connectivity index (χ0n) is 18.9. The monoisotopic (exact) mass is 458 g/mol. The first kappa shape index (κ1) is 23.2. The number of benzene rings is 3. The summed E-state index contributed by atoms with van der Waals surface area (Å²) < 4.78 is 13.5. The Morgan fingerprint density at radius 2 is 1.76 bits per heavy atom. The molecule has 1 aliphatic heterocycles. The highest BCUT2D eigenvalue weighted by Gasteiger charge is 2.37. The largest absolute Gasteiger partial charge is 0.397 e. The zero-order valence-corrected chi connectivity index (χ0v) is 18.9. The van der Waals surface area contributed by atoms with E-state index in [-0.39, 0.29) is 29.5 Å². The van der Waals surface area contributed by atoms with Crippen LogP contribution in [0.1, 0.15) is 17.0 Å². The number of amides is 2. The van der Waals surface area contributed by atoms with E-state index >= 15 is 0 Å². The summed E-state index contributed by atoms with van der Waals surface area (Å²) in [6, 6.07) is 20.8. The van der Waals surface area contributed by atoms with Crippen LogP contribution in [-0.4, -0.2) is 36.9 Å². The van der Waals surface area contributed by atoms with Gasteiger partial charge in [-0.05, 0) is 54.6 Å². The topological polar surface area (TPSA) is 87.5 Å². The van der Waals surface area contributed by atoms with E-state index < -0.39 is 0 Å². The molecular weight excluding hydrogens is 431 g/mol. The highest BCUT2D eigenvalue weighted by molar-refractivity contribution is 6.03. The molecule has 0 radical (unpaired) electrons. The van der Waals surface area contributed by atoms with E-state index in [0.29, 0.717) is 23.6 Å². The van der Waals surface area contributed by atoms with Crippen molar-refractivity contribution in [3.63, 3.8) is 0 Å². The van der Waals surface area contributed by atoms with Crippen LogP contribution in [-0.2, 0) is 9.59 Å². The number of carbonyl (C=O) groups excluding carboxylic acids is 2. The molecule has 1 saturated heterocycles. The van der Waals surface area contributed by atoms with E-state index in [1.807, 2.05) is 31.3 Å². The number of anilines is 3. The Morgan fingerprint density at radius 3 is 2.50 bits per heavy atom. The standard InChI is InChI=1S/C27H27FN4O2/c1-32-16-22(23(17-32)27(34)30-21-6-4-5-20(28)15-21)19-12-9-18(10-13-19)11-14-26(33)31-25-8-3-2-7-24(25)29/h2-15,22-23H,16-17,29H2,1H3,(H,30,34)(H,31,33). The van der Waals surface area contributed by atoms with Crippen molar-refractivity contribution < 1.29 is 14.0 Å². The number of halogens is 1. The van der Waals surface area contributed by atoms with Crippen molar-refractivity contribution in [1.29, 1.82) is 0 Å². The number of para-hydroxylation sites is 2. The molecule has 0 aliphatic carbocycles. The molecule has 34 heavy (non-hydrogen) atoms. The number of nitrogens with two attached hydrogens (primary N) is 1. The summed E-state index contributed by atoms with van der Waals surface area (Å²) in [5.74, 6) is -1.02. The molecule has 6 nitrogen and oxygen atoms in total. The fourth-order valence-electron chi connectivity index (χ4n) is 4.22. The van der Waals surface area contributed by atoms with Gasteiger partial charge in [0.15, 0.2) is 0 Å². The second kappa shape index (κ2) is 10.3. The molecule has 2 unspecified atom stereocenters. The van der Waals surface area contributed by atoms with Gasteiger partial charge in [-0.1, -0.05) is 42.5 Å². The molecule has 2 amide bonds. The SMILES string of the molecule is CN1CC(C(=O)Nc2cccc(F)c2)C(c2ccc(C=CC(=O)Nc3ccccc3N)cc2)C1. The van der Waals surface area contributed by atoms with Crippen LogP contribution in [0.3, 0.4) is 0 Å². The van der Waals surface area contributed by atoms with Crippen molar-refractivity contribution in [2.24, 2.45) is 5.92 Å². The van der Waals surface area contributed by atoms with Gasteiger partial charge in [-0.15, -0.1) is 0 Å². The smallest absolute Gasteiger partial charge is 0.248 e. The summed E-state index contributed by atoms with van der Waals surface area (Å²) in [4.78, 5) is 27.3. The van der Waals surface area contributed by atoms with Crippen molar-refractivity contribution in [3.8, 4) is 0 Å². The summed E-state index contributed by atoms with van der Waals surface area (Å²) in [6.07, 6.45) is 3.19. The van der Waals surface area contributed by atoms with Crippen molar-refractivity contribution in [1.82, 2.24) is 4.90 Å². The molecule has 7 heteroatoms. The van der Waals surface area contributed by atoms with E-state index in [9.17, 15) is 14.0 Å². The van der Waals surface area contributed by atoms with Crippen molar-refractivity contribution >= 4 is 35.0 Å². The van der Waals surface area contributed by atoms with Gasteiger partial charge in [-0.25, -0.2) is 4.39 Å². The Hall–Kier alpha value is -3.97. The fourth-order valence-corrected chi connectivity index (χ4v) is 4.22. The fraction of sp³-hybridized carbons (Fsp3) is 0.185. The molecule has 1 fully saturated rings. The Morgan fingerprint density at radius 1 is 1.00 bits per heavy atom. The number of hydrogen-bond donors (Lipinski definition) is 3. The number of nitrogens with zero attached hydrogens (tertiary/aromatic N) is 1. The van der Waals surface area contributed by atoms with Crippen LogP contribution in [0.5, 0.6) is 0 Å². The maximum Gasteiger partial charge on any atom is 0.248 e. The van der Waals surface area contributed by atoms with E-state index in [2.05, 4.69) is 15.5 Å². The summed E-state index contributed by atoms with van der Waals surface area (Å²) in [6.45, 7) is 1.37. The Balaban J connectivity index is 1.41. The summed E-state index contributed by atoms with van der Waals surface area (Å²) >= 11 is 0. The van der Waals surface area contributed by atoms with Crippen molar-refractivity contribution in [3.05, 3.63) is 95.8 Å². The van der Waals surface area contributed by atoms with Crippen LogP contribution in [0.15, 0.2) is 78.9 Å². The van der Waals surface area contributed by atoms with Gasteiger partial charge in [0.25, 0.3) is 0 Å². The first-order chi connectivity index (χ1) is 16.4. The third-order valence-corrected chi connectivity index (χ3v) is 5.94. The first-order valence-electron chi connectivity index (χ1n) is 11.1. The molecule has 4 N–H and O–H groups in total. The van der Waals surface area contributed by atoms with Crippen molar-refractivity contribution in [2.45, 2.75) is 5.92 Å². The number of nitrogens with one attached hydrogen (secondary N) is 2. The van der Waals surface area contributed by atoms with Gasteiger partial charge in [-0.2, -0.15) is 0 Å². The molecule has 0 saturated carbocycles. The van der Waals surface area contributed by atoms with E-state index in [0.717, 1.165) is 17.7 Å². The number of nitrogen functional groups attached to an aromatic ring is 1. The Kier molecular flexibility index (Phi) is 7.04. The zero-order chi connectivity index (χ0) is 24.1. The van der Waals surface area contributed by atoms with Gasteiger partial charge in [0.1, 0.15) is 5.82 Å². The molecule has 0 bridgehead atoms. The highest BCUT2D eigenvalue weighted by Crippen LogP contribution is 2.33. The van der Waals surface area contributed by atoms with Crippen LogP contribution < -0.4 is 16.4 Å². The third-order valence-electron chi connectivity index (χ3n) is 5.94. The Labute approximate surface area is 198 Å². The highest BCUT2D eigenvalue weighted by atomic mass is 19.1. The number of likely N-dealkylation sites (tertiary alicyclic amines) is 1. The maximum atomic E-state index is 13.5. The normalized spacial score (nSPS) is 18.2. The lowest BCUT2D eigenvalue weighted by Crippen LogP contribution is -2.28. The third kappa shape index (κ3) is 5.68. The lowest BCUT2D eigenvalue weighted by molar-refractivity contribution is -0.119. The van der Waals surface area contributed by atoms with E-state index in [1.165, 1.54) is 18.2 Å². The lowest BCUT2D eigenvalue weighted by atomic mass is 9.88. The molecule has 3 aromatic carbocycles. The average Bonchev–Trinajstić information content (AvgIpc) is 3.21. The van der Waals surface area contributed by atoms with Gasteiger partial charge in [0.05, 0.1) is 17.3 Å².